The Balaban J connectivity index is 1.44. The lowest BCUT2D eigenvalue weighted by molar-refractivity contribution is -0.339. The normalized spacial score (nSPS) is 34.6. The van der Waals surface area contributed by atoms with E-state index in [-0.39, 0.29) is 18.1 Å². The highest BCUT2D eigenvalue weighted by molar-refractivity contribution is 5.93. The van der Waals surface area contributed by atoms with Gasteiger partial charge < -0.3 is 49.2 Å². The number of phenols is 2. The van der Waals surface area contributed by atoms with Crippen molar-refractivity contribution < 1.29 is 58.8 Å². The van der Waals surface area contributed by atoms with Gasteiger partial charge in [0.1, 0.15) is 36.6 Å². The molecule has 2 fully saturated rings. The number of hydrogen-bond donors (Lipinski definition) is 5. The minimum absolute atomic E-state index is 0.216. The Morgan fingerprint density at radius 2 is 1.91 bits per heavy atom. The Hall–Kier alpha value is -3.16. The minimum Gasteiger partial charge on any atom is -0.504 e. The quantitative estimate of drug-likeness (QED) is 0.198. The van der Waals surface area contributed by atoms with Crippen LogP contribution in [0, 0.1) is 11.8 Å². The van der Waals surface area contributed by atoms with Crippen molar-refractivity contribution in [3.05, 3.63) is 48.3 Å². The van der Waals surface area contributed by atoms with Crippen molar-refractivity contribution in [2.24, 2.45) is 11.8 Å². The molecule has 1 aromatic carbocycles. The molecule has 3 aliphatic heterocycles. The van der Waals surface area contributed by atoms with E-state index >= 15 is 0 Å². The maximum absolute atomic E-state index is 12.3. The highest BCUT2D eigenvalue weighted by atomic mass is 16.8. The molecule has 190 valence electrons. The standard InChI is InChI=1S/C23H26O12/c1-2-10-11-6-7-31-21(30)13(11)8-33-22(10)35-23-19(28)18(27)17(26)15(34-23)9-32-20(29)12-4-3-5-14(24)16(12)25/h2-5,8,10-11,15,17-19,22-28H,1,6-7,9H2. The number of aromatic hydroxyl groups is 2. The van der Waals surface area contributed by atoms with Gasteiger partial charge in [0.2, 0.25) is 6.29 Å². The van der Waals surface area contributed by atoms with Crippen molar-refractivity contribution in [2.45, 2.75) is 43.4 Å². The molecule has 0 saturated carbocycles. The lowest BCUT2D eigenvalue weighted by atomic mass is 9.81. The molecule has 1 aromatic rings. The van der Waals surface area contributed by atoms with Gasteiger partial charge in [-0.25, -0.2) is 9.59 Å². The summed E-state index contributed by atoms with van der Waals surface area (Å²) in [6, 6.07) is 3.73. The summed E-state index contributed by atoms with van der Waals surface area (Å²) in [5.41, 5.74) is 0.0169. The van der Waals surface area contributed by atoms with Crippen LogP contribution in [0.15, 0.2) is 42.7 Å². The molecular formula is C23H26O12. The van der Waals surface area contributed by atoms with Gasteiger partial charge in [-0.15, -0.1) is 6.58 Å². The van der Waals surface area contributed by atoms with Gasteiger partial charge in [0.15, 0.2) is 17.8 Å². The average molecular weight is 494 g/mol. The summed E-state index contributed by atoms with van der Waals surface area (Å²) < 4.78 is 26.9. The fraction of sp³-hybridized carbons (Fsp3) is 0.478. The molecular weight excluding hydrogens is 468 g/mol. The first-order valence-corrected chi connectivity index (χ1v) is 10.9. The number of para-hydroxylation sites is 1. The van der Waals surface area contributed by atoms with E-state index in [4.69, 9.17) is 23.7 Å². The molecule has 8 atom stereocenters. The molecule has 3 heterocycles. The molecule has 3 aliphatic rings. The summed E-state index contributed by atoms with van der Waals surface area (Å²) in [4.78, 5) is 24.3. The lowest BCUT2D eigenvalue weighted by Gasteiger charge is -2.43. The Bertz CT molecular complexity index is 1010. The summed E-state index contributed by atoms with van der Waals surface area (Å²) in [5, 5.41) is 50.4. The summed E-state index contributed by atoms with van der Waals surface area (Å²) in [5.74, 6) is -3.52. The zero-order valence-electron chi connectivity index (χ0n) is 18.4. The SMILES string of the molecule is C=CC1C(OC2OC(COC(=O)c3cccc(O)c3O)C(O)C(O)C2O)OC=C2C(=O)OCCC21. The number of aliphatic hydroxyl groups is 3. The number of benzene rings is 1. The van der Waals surface area contributed by atoms with E-state index in [1.54, 1.807) is 6.08 Å². The number of cyclic esters (lactones) is 1. The number of hydrogen-bond acceptors (Lipinski definition) is 12. The zero-order chi connectivity index (χ0) is 25.3. The molecule has 0 bridgehead atoms. The van der Waals surface area contributed by atoms with Gasteiger partial charge in [0.25, 0.3) is 0 Å². The monoisotopic (exact) mass is 494 g/mol. The van der Waals surface area contributed by atoms with Gasteiger partial charge in [0.05, 0.1) is 18.4 Å². The third-order valence-electron chi connectivity index (χ3n) is 6.23. The van der Waals surface area contributed by atoms with Crippen LogP contribution in [-0.4, -0.2) is 87.7 Å². The van der Waals surface area contributed by atoms with E-state index in [1.807, 2.05) is 0 Å². The van der Waals surface area contributed by atoms with Crippen LogP contribution in [-0.2, 0) is 28.5 Å². The first-order chi connectivity index (χ1) is 16.7. The molecule has 2 saturated heterocycles. The van der Waals surface area contributed by atoms with Crippen molar-refractivity contribution in [1.82, 2.24) is 0 Å². The number of carbonyl (C=O) groups is 2. The van der Waals surface area contributed by atoms with Crippen molar-refractivity contribution in [1.29, 1.82) is 0 Å². The maximum atomic E-state index is 12.3. The molecule has 0 aromatic heterocycles. The first kappa shape index (κ1) is 24.9. The average Bonchev–Trinajstić information content (AvgIpc) is 2.85. The summed E-state index contributed by atoms with van der Waals surface area (Å²) >= 11 is 0. The first-order valence-electron chi connectivity index (χ1n) is 10.9. The lowest BCUT2D eigenvalue weighted by Crippen LogP contribution is -2.60. The third kappa shape index (κ3) is 4.83. The van der Waals surface area contributed by atoms with Crippen molar-refractivity contribution in [3.8, 4) is 11.5 Å². The zero-order valence-corrected chi connectivity index (χ0v) is 18.4. The second-order valence-electron chi connectivity index (χ2n) is 8.34. The summed E-state index contributed by atoms with van der Waals surface area (Å²) in [6.45, 7) is 3.41. The second kappa shape index (κ2) is 10.2. The van der Waals surface area contributed by atoms with E-state index in [0.29, 0.717) is 12.0 Å². The topological polar surface area (TPSA) is 181 Å². The van der Waals surface area contributed by atoms with Crippen molar-refractivity contribution in [3.63, 3.8) is 0 Å². The van der Waals surface area contributed by atoms with E-state index < -0.39 is 73.0 Å². The molecule has 8 unspecified atom stereocenters. The molecule has 0 spiro atoms. The van der Waals surface area contributed by atoms with Crippen molar-refractivity contribution >= 4 is 11.9 Å². The Kier molecular flexibility index (Phi) is 7.28. The van der Waals surface area contributed by atoms with Crippen LogP contribution in [0.4, 0.5) is 0 Å². The van der Waals surface area contributed by atoms with E-state index in [0.717, 1.165) is 0 Å². The van der Waals surface area contributed by atoms with Gasteiger partial charge in [0, 0.05) is 11.8 Å². The smallest absolute Gasteiger partial charge is 0.342 e. The Morgan fingerprint density at radius 3 is 2.66 bits per heavy atom. The molecule has 0 radical (unpaired) electrons. The predicted octanol–water partition coefficient (Wildman–Crippen LogP) is -0.316. The van der Waals surface area contributed by atoms with Crippen LogP contribution in [0.2, 0.25) is 0 Å². The van der Waals surface area contributed by atoms with Gasteiger partial charge in [-0.1, -0.05) is 12.1 Å². The van der Waals surface area contributed by atoms with Gasteiger partial charge in [-0.2, -0.15) is 0 Å². The number of carbonyl (C=O) groups excluding carboxylic acids is 2. The van der Waals surface area contributed by atoms with Crippen LogP contribution < -0.4 is 0 Å². The van der Waals surface area contributed by atoms with Crippen LogP contribution >= 0.6 is 0 Å². The highest BCUT2D eigenvalue weighted by Gasteiger charge is 2.48. The van der Waals surface area contributed by atoms with E-state index in [9.17, 15) is 35.1 Å². The molecule has 35 heavy (non-hydrogen) atoms. The predicted molar refractivity (Wildman–Crippen MR) is 114 cm³/mol. The fourth-order valence-electron chi connectivity index (χ4n) is 4.25. The highest BCUT2D eigenvalue weighted by Crippen LogP contribution is 2.38. The minimum atomic E-state index is -1.71. The third-order valence-corrected chi connectivity index (χ3v) is 6.23. The summed E-state index contributed by atoms with van der Waals surface area (Å²) in [7, 11) is 0. The number of rotatable bonds is 6. The summed E-state index contributed by atoms with van der Waals surface area (Å²) in [6.07, 6.45) is -5.61. The number of ether oxygens (including phenoxy) is 5. The van der Waals surface area contributed by atoms with Crippen LogP contribution in [0.5, 0.6) is 11.5 Å². The van der Waals surface area contributed by atoms with Gasteiger partial charge in [-0.3, -0.25) is 0 Å². The largest absolute Gasteiger partial charge is 0.504 e. The molecule has 4 rings (SSSR count). The molecule has 5 N–H and O–H groups in total. The van der Waals surface area contributed by atoms with Gasteiger partial charge in [-0.05, 0) is 18.6 Å². The second-order valence-corrected chi connectivity index (χ2v) is 8.34. The van der Waals surface area contributed by atoms with Gasteiger partial charge >= 0.3 is 11.9 Å². The fourth-order valence-corrected chi connectivity index (χ4v) is 4.25. The molecule has 0 aliphatic carbocycles. The van der Waals surface area contributed by atoms with Crippen LogP contribution in [0.25, 0.3) is 0 Å². The Labute approximate surface area is 199 Å². The van der Waals surface area contributed by atoms with E-state index in [1.165, 1.54) is 24.5 Å². The molecule has 12 heteroatoms. The van der Waals surface area contributed by atoms with E-state index in [2.05, 4.69) is 6.58 Å². The molecule has 12 nitrogen and oxygen atoms in total. The number of esters is 2. The molecule has 0 amide bonds. The van der Waals surface area contributed by atoms with Crippen LogP contribution in [0.1, 0.15) is 16.8 Å². The maximum Gasteiger partial charge on any atom is 0.342 e. The number of phenolic OH excluding ortho intramolecular Hbond substituents is 2. The van der Waals surface area contributed by atoms with Crippen LogP contribution in [0.3, 0.4) is 0 Å². The Morgan fingerprint density at radius 1 is 1.14 bits per heavy atom. The number of fused-ring (bicyclic) bond motifs is 1. The number of aliphatic hydroxyl groups excluding tert-OH is 3. The van der Waals surface area contributed by atoms with Crippen molar-refractivity contribution in [2.75, 3.05) is 13.2 Å².